The molecule has 0 heterocycles. The average molecular weight is 318 g/mol. The number of benzene rings is 1. The fraction of sp³-hybridized carbons (Fsp3) is 0.667. The molecular weight excluding hydrogens is 282 g/mol. The molecule has 0 aliphatic heterocycles. The van der Waals surface area contributed by atoms with Gasteiger partial charge in [-0.25, -0.2) is 0 Å². The van der Waals surface area contributed by atoms with Crippen LogP contribution in [0.2, 0.25) is 0 Å². The Morgan fingerprint density at radius 2 is 1.61 bits per heavy atom. The summed E-state index contributed by atoms with van der Waals surface area (Å²) >= 11 is 0. The van der Waals surface area contributed by atoms with E-state index in [9.17, 15) is 4.79 Å². The van der Waals surface area contributed by atoms with Gasteiger partial charge in [-0.05, 0) is 47.3 Å². The lowest BCUT2D eigenvalue weighted by Crippen LogP contribution is -2.25. The van der Waals surface area contributed by atoms with Gasteiger partial charge in [-0.1, -0.05) is 67.5 Å². The van der Waals surface area contributed by atoms with Crippen LogP contribution in [0, 0.1) is 5.92 Å². The van der Waals surface area contributed by atoms with Crippen molar-refractivity contribution in [3.05, 3.63) is 29.3 Å². The van der Waals surface area contributed by atoms with Crippen LogP contribution in [0.5, 0.6) is 0 Å². The Balaban J connectivity index is 3.33. The van der Waals surface area contributed by atoms with Gasteiger partial charge in [-0.15, -0.1) is 0 Å². The molecule has 2 heteroatoms. The Bertz CT molecular complexity index is 543. The minimum absolute atomic E-state index is 0.0396. The van der Waals surface area contributed by atoms with Crippen LogP contribution in [0.25, 0.3) is 0 Å². The third kappa shape index (κ3) is 4.59. The second-order valence-corrected chi connectivity index (χ2v) is 8.03. The quantitative estimate of drug-likeness (QED) is 0.652. The molecule has 0 radical (unpaired) electrons. The number of nitrogens with one attached hydrogen (secondary N) is 1. The van der Waals surface area contributed by atoms with Crippen LogP contribution >= 0.6 is 0 Å². The third-order valence-corrected chi connectivity index (χ3v) is 5.62. The van der Waals surface area contributed by atoms with Crippen molar-refractivity contribution in [3.63, 3.8) is 0 Å². The van der Waals surface area contributed by atoms with Gasteiger partial charge in [0.2, 0.25) is 5.91 Å². The highest BCUT2D eigenvalue weighted by molar-refractivity contribution is 5.93. The maximum Gasteiger partial charge on any atom is 0.227 e. The van der Waals surface area contributed by atoms with E-state index in [4.69, 9.17) is 0 Å². The molecule has 1 aromatic rings. The van der Waals surface area contributed by atoms with E-state index in [0.29, 0.717) is 0 Å². The van der Waals surface area contributed by atoms with Gasteiger partial charge in [0, 0.05) is 11.6 Å². The number of carbonyl (C=O) groups is 1. The number of anilines is 1. The summed E-state index contributed by atoms with van der Waals surface area (Å²) in [5.74, 6) is 0.155. The first kappa shape index (κ1) is 19.7. The predicted octanol–water partition coefficient (Wildman–Crippen LogP) is 6.05. The highest BCUT2D eigenvalue weighted by atomic mass is 16.1. The van der Waals surface area contributed by atoms with E-state index in [1.54, 1.807) is 0 Å². The third-order valence-electron chi connectivity index (χ3n) is 5.62. The van der Waals surface area contributed by atoms with E-state index >= 15 is 0 Å². The van der Waals surface area contributed by atoms with Gasteiger partial charge in [0.25, 0.3) is 0 Å². The van der Waals surface area contributed by atoms with Crippen molar-refractivity contribution in [2.24, 2.45) is 5.92 Å². The monoisotopic (exact) mass is 317 g/mol. The molecule has 0 aromatic heterocycles. The summed E-state index contributed by atoms with van der Waals surface area (Å²) in [6, 6.07) is 6.57. The zero-order valence-electron chi connectivity index (χ0n) is 16.3. The molecule has 1 N–H and O–H groups in total. The van der Waals surface area contributed by atoms with Gasteiger partial charge in [0.05, 0.1) is 0 Å². The van der Waals surface area contributed by atoms with Crippen molar-refractivity contribution in [2.75, 3.05) is 5.32 Å². The smallest absolute Gasteiger partial charge is 0.227 e. The molecule has 0 saturated carbocycles. The number of amides is 1. The second-order valence-electron chi connectivity index (χ2n) is 8.03. The Hall–Kier alpha value is -1.31. The SMILES string of the molecule is CCC(C)C(=O)Nc1ccc(C(C)(C)CC)cc1C(C)(C)CC. The van der Waals surface area contributed by atoms with Crippen LogP contribution in [-0.4, -0.2) is 5.91 Å². The van der Waals surface area contributed by atoms with Crippen molar-refractivity contribution in [3.8, 4) is 0 Å². The molecule has 1 rings (SSSR count). The van der Waals surface area contributed by atoms with Crippen LogP contribution in [0.1, 0.15) is 85.8 Å². The lowest BCUT2D eigenvalue weighted by atomic mass is 9.76. The zero-order chi connectivity index (χ0) is 17.8. The topological polar surface area (TPSA) is 29.1 Å². The van der Waals surface area contributed by atoms with E-state index in [-0.39, 0.29) is 22.7 Å². The summed E-state index contributed by atoms with van der Waals surface area (Å²) < 4.78 is 0. The lowest BCUT2D eigenvalue weighted by Gasteiger charge is -2.31. The summed E-state index contributed by atoms with van der Waals surface area (Å²) in [6.07, 6.45) is 2.99. The van der Waals surface area contributed by atoms with Gasteiger partial charge >= 0.3 is 0 Å². The summed E-state index contributed by atoms with van der Waals surface area (Å²) in [4.78, 5) is 12.3. The van der Waals surface area contributed by atoms with Crippen LogP contribution in [0.3, 0.4) is 0 Å². The minimum Gasteiger partial charge on any atom is -0.326 e. The van der Waals surface area contributed by atoms with E-state index in [2.05, 4.69) is 65.1 Å². The standard InChI is InChI=1S/C21H35NO/c1-9-15(4)19(23)22-18-13-12-16(20(5,6)10-2)14-17(18)21(7,8)11-3/h12-15H,9-11H2,1-8H3,(H,22,23). The molecule has 0 saturated heterocycles. The van der Waals surface area contributed by atoms with Crippen molar-refractivity contribution in [2.45, 2.75) is 85.5 Å². The van der Waals surface area contributed by atoms with E-state index < -0.39 is 0 Å². The largest absolute Gasteiger partial charge is 0.326 e. The van der Waals surface area contributed by atoms with Crippen LogP contribution in [0.4, 0.5) is 5.69 Å². The van der Waals surface area contributed by atoms with Crippen LogP contribution in [-0.2, 0) is 15.6 Å². The van der Waals surface area contributed by atoms with Crippen LogP contribution < -0.4 is 5.32 Å². The molecular formula is C21H35NO. The molecule has 1 amide bonds. The lowest BCUT2D eigenvalue weighted by molar-refractivity contribution is -0.119. The summed E-state index contributed by atoms with van der Waals surface area (Å²) in [6.45, 7) is 17.5. The summed E-state index contributed by atoms with van der Waals surface area (Å²) in [5, 5.41) is 3.16. The maximum absolute atomic E-state index is 12.3. The molecule has 23 heavy (non-hydrogen) atoms. The molecule has 0 aliphatic rings. The molecule has 0 aliphatic carbocycles. The first-order valence-corrected chi connectivity index (χ1v) is 9.04. The molecule has 2 nitrogen and oxygen atoms in total. The minimum atomic E-state index is 0.0396. The first-order valence-electron chi connectivity index (χ1n) is 9.04. The zero-order valence-corrected chi connectivity index (χ0v) is 16.3. The van der Waals surface area contributed by atoms with E-state index in [1.165, 1.54) is 11.1 Å². The Kier molecular flexibility index (Phi) is 6.44. The van der Waals surface area contributed by atoms with Crippen molar-refractivity contribution < 1.29 is 4.79 Å². The van der Waals surface area contributed by atoms with Gasteiger partial charge < -0.3 is 5.32 Å². The first-order chi connectivity index (χ1) is 10.6. The van der Waals surface area contributed by atoms with Crippen molar-refractivity contribution in [1.82, 2.24) is 0 Å². The highest BCUT2D eigenvalue weighted by Gasteiger charge is 2.26. The Morgan fingerprint density at radius 1 is 1.04 bits per heavy atom. The van der Waals surface area contributed by atoms with Gasteiger partial charge in [-0.2, -0.15) is 0 Å². The summed E-state index contributed by atoms with van der Waals surface area (Å²) in [5.41, 5.74) is 3.75. The predicted molar refractivity (Wildman–Crippen MR) is 101 cm³/mol. The Labute approximate surface area is 143 Å². The van der Waals surface area contributed by atoms with E-state index in [0.717, 1.165) is 24.9 Å². The second kappa shape index (κ2) is 7.51. The van der Waals surface area contributed by atoms with E-state index in [1.807, 2.05) is 13.8 Å². The Morgan fingerprint density at radius 3 is 2.09 bits per heavy atom. The molecule has 1 aromatic carbocycles. The van der Waals surface area contributed by atoms with Gasteiger partial charge in [-0.3, -0.25) is 4.79 Å². The summed E-state index contributed by atoms with van der Waals surface area (Å²) in [7, 11) is 0. The average Bonchev–Trinajstić information content (AvgIpc) is 2.53. The van der Waals surface area contributed by atoms with Gasteiger partial charge in [0.15, 0.2) is 0 Å². The number of carbonyl (C=O) groups excluding carboxylic acids is 1. The molecule has 1 unspecified atom stereocenters. The molecule has 1 atom stereocenters. The molecule has 0 bridgehead atoms. The van der Waals surface area contributed by atoms with Gasteiger partial charge in [0.1, 0.15) is 0 Å². The number of hydrogen-bond acceptors (Lipinski definition) is 1. The fourth-order valence-electron chi connectivity index (χ4n) is 2.47. The maximum atomic E-state index is 12.3. The van der Waals surface area contributed by atoms with Crippen molar-refractivity contribution in [1.29, 1.82) is 0 Å². The normalized spacial score (nSPS) is 13.7. The molecule has 130 valence electrons. The highest BCUT2D eigenvalue weighted by Crippen LogP contribution is 2.37. The number of rotatable bonds is 7. The van der Waals surface area contributed by atoms with Crippen molar-refractivity contribution >= 4 is 11.6 Å². The molecule has 0 spiro atoms. The fourth-order valence-corrected chi connectivity index (χ4v) is 2.47. The van der Waals surface area contributed by atoms with Crippen LogP contribution in [0.15, 0.2) is 18.2 Å². The molecule has 0 fully saturated rings. The number of hydrogen-bond donors (Lipinski definition) is 1.